The third-order valence-electron chi connectivity index (χ3n) is 4.52. The van der Waals surface area contributed by atoms with Gasteiger partial charge in [-0.15, -0.1) is 0 Å². The van der Waals surface area contributed by atoms with E-state index >= 15 is 0 Å². The number of nitrogens with zero attached hydrogens (tertiary/aromatic N) is 3. The molecule has 2 aromatic carbocycles. The molecule has 6 nitrogen and oxygen atoms in total. The zero-order valence-electron chi connectivity index (χ0n) is 17.4. The number of nitrogens with one attached hydrogen (secondary N) is 1. The molecule has 0 bridgehead atoms. The summed E-state index contributed by atoms with van der Waals surface area (Å²) < 4.78 is 7.48. The summed E-state index contributed by atoms with van der Waals surface area (Å²) in [4.78, 5) is 14.2. The van der Waals surface area contributed by atoms with Gasteiger partial charge in [0.1, 0.15) is 5.75 Å². The zero-order chi connectivity index (χ0) is 20.8. The van der Waals surface area contributed by atoms with Crippen molar-refractivity contribution in [3.63, 3.8) is 0 Å². The Hall–Kier alpha value is -3.28. The van der Waals surface area contributed by atoms with Crippen LogP contribution in [0.1, 0.15) is 37.9 Å². The van der Waals surface area contributed by atoms with Gasteiger partial charge in [0, 0.05) is 18.8 Å². The van der Waals surface area contributed by atoms with Crippen molar-refractivity contribution < 1.29 is 9.53 Å². The van der Waals surface area contributed by atoms with Crippen LogP contribution < -0.4 is 10.1 Å². The molecule has 3 aromatic rings. The molecule has 0 aliphatic carbocycles. The predicted molar refractivity (Wildman–Crippen MR) is 114 cm³/mol. The lowest BCUT2D eigenvalue weighted by molar-refractivity contribution is 0.203. The van der Waals surface area contributed by atoms with Crippen molar-refractivity contribution in [2.24, 2.45) is 0 Å². The SMILES string of the molecule is CC(C)Oc1ccc(C(C)NC(=O)N(C)Cc2cnn(-c3ccccc3)c2)cc1. The van der Waals surface area contributed by atoms with Crippen molar-refractivity contribution in [2.75, 3.05) is 7.05 Å². The van der Waals surface area contributed by atoms with Gasteiger partial charge in [-0.1, -0.05) is 30.3 Å². The smallest absolute Gasteiger partial charge is 0.317 e. The lowest BCUT2D eigenvalue weighted by Gasteiger charge is -2.21. The molecule has 1 atom stereocenters. The normalized spacial score (nSPS) is 11.9. The van der Waals surface area contributed by atoms with E-state index in [9.17, 15) is 4.79 Å². The highest BCUT2D eigenvalue weighted by Gasteiger charge is 2.15. The van der Waals surface area contributed by atoms with E-state index in [0.717, 1.165) is 22.6 Å². The molecule has 0 fully saturated rings. The molecule has 3 rings (SSSR count). The highest BCUT2D eigenvalue weighted by Crippen LogP contribution is 2.19. The lowest BCUT2D eigenvalue weighted by atomic mass is 10.1. The second-order valence-corrected chi connectivity index (χ2v) is 7.39. The number of ether oxygens (including phenoxy) is 1. The molecule has 1 unspecified atom stereocenters. The number of rotatable bonds is 7. The first kappa shape index (κ1) is 20.5. The van der Waals surface area contributed by atoms with Crippen molar-refractivity contribution in [1.82, 2.24) is 20.0 Å². The molecular weight excluding hydrogens is 364 g/mol. The lowest BCUT2D eigenvalue weighted by Crippen LogP contribution is -2.38. The van der Waals surface area contributed by atoms with E-state index in [-0.39, 0.29) is 18.2 Å². The van der Waals surface area contributed by atoms with E-state index in [0.29, 0.717) is 6.54 Å². The van der Waals surface area contributed by atoms with Crippen LogP contribution in [0, 0.1) is 0 Å². The zero-order valence-corrected chi connectivity index (χ0v) is 17.4. The summed E-state index contributed by atoms with van der Waals surface area (Å²) in [6, 6.07) is 17.5. The standard InChI is InChI=1S/C23H28N4O2/c1-17(2)29-22-12-10-20(11-13-22)18(3)25-23(28)26(4)15-19-14-24-27(16-19)21-8-6-5-7-9-21/h5-14,16-18H,15H2,1-4H3,(H,25,28). The maximum atomic E-state index is 12.6. The Morgan fingerprint density at radius 2 is 1.79 bits per heavy atom. The van der Waals surface area contributed by atoms with Gasteiger partial charge in [0.25, 0.3) is 0 Å². The molecule has 0 saturated heterocycles. The number of carbonyl (C=O) groups excluding carboxylic acids is 1. The van der Waals surface area contributed by atoms with Gasteiger partial charge in [-0.05, 0) is 50.6 Å². The van der Waals surface area contributed by atoms with Crippen LogP contribution in [0.2, 0.25) is 0 Å². The third-order valence-corrected chi connectivity index (χ3v) is 4.52. The van der Waals surface area contributed by atoms with Gasteiger partial charge in [0.05, 0.1) is 30.6 Å². The van der Waals surface area contributed by atoms with E-state index in [4.69, 9.17) is 4.74 Å². The second kappa shape index (κ2) is 9.28. The van der Waals surface area contributed by atoms with Crippen LogP contribution in [0.4, 0.5) is 4.79 Å². The van der Waals surface area contributed by atoms with E-state index in [1.54, 1.807) is 18.1 Å². The van der Waals surface area contributed by atoms with E-state index in [2.05, 4.69) is 10.4 Å². The molecule has 1 heterocycles. The van der Waals surface area contributed by atoms with Crippen molar-refractivity contribution in [2.45, 2.75) is 39.5 Å². The molecule has 0 aliphatic rings. The summed E-state index contributed by atoms with van der Waals surface area (Å²) in [6.07, 6.45) is 3.86. The fourth-order valence-electron chi connectivity index (χ4n) is 3.00. The Kier molecular flexibility index (Phi) is 6.54. The first-order valence-corrected chi connectivity index (χ1v) is 9.79. The largest absolute Gasteiger partial charge is 0.491 e. The molecule has 29 heavy (non-hydrogen) atoms. The molecule has 152 valence electrons. The summed E-state index contributed by atoms with van der Waals surface area (Å²) >= 11 is 0. The molecule has 2 amide bonds. The molecular formula is C23H28N4O2. The molecule has 0 saturated carbocycles. The van der Waals surface area contributed by atoms with Gasteiger partial charge < -0.3 is 15.0 Å². The Labute approximate surface area is 172 Å². The number of amides is 2. The minimum atomic E-state index is -0.132. The van der Waals surface area contributed by atoms with Crippen LogP contribution in [0.3, 0.4) is 0 Å². The van der Waals surface area contributed by atoms with Crippen molar-refractivity contribution in [1.29, 1.82) is 0 Å². The summed E-state index contributed by atoms with van der Waals surface area (Å²) in [5.41, 5.74) is 2.98. The minimum Gasteiger partial charge on any atom is -0.491 e. The Morgan fingerprint density at radius 1 is 1.10 bits per heavy atom. The Morgan fingerprint density at radius 3 is 2.45 bits per heavy atom. The number of aromatic nitrogens is 2. The van der Waals surface area contributed by atoms with Crippen molar-refractivity contribution in [3.05, 3.63) is 78.1 Å². The van der Waals surface area contributed by atoms with E-state index in [1.807, 2.05) is 86.2 Å². The van der Waals surface area contributed by atoms with Crippen LogP contribution in [0.15, 0.2) is 67.0 Å². The number of benzene rings is 2. The fourth-order valence-corrected chi connectivity index (χ4v) is 3.00. The summed E-state index contributed by atoms with van der Waals surface area (Å²) in [7, 11) is 1.78. The quantitative estimate of drug-likeness (QED) is 0.641. The maximum Gasteiger partial charge on any atom is 0.317 e. The van der Waals surface area contributed by atoms with Gasteiger partial charge in [0.15, 0.2) is 0 Å². The van der Waals surface area contributed by atoms with E-state index < -0.39 is 0 Å². The van der Waals surface area contributed by atoms with Crippen LogP contribution in [0.5, 0.6) is 5.75 Å². The average Bonchev–Trinajstić information content (AvgIpc) is 3.17. The number of para-hydroxylation sites is 1. The molecule has 1 N–H and O–H groups in total. The number of hydrogen-bond donors (Lipinski definition) is 1. The van der Waals surface area contributed by atoms with Gasteiger partial charge in [-0.25, -0.2) is 9.48 Å². The second-order valence-electron chi connectivity index (χ2n) is 7.39. The van der Waals surface area contributed by atoms with E-state index in [1.165, 1.54) is 0 Å². The summed E-state index contributed by atoms with van der Waals surface area (Å²) in [5, 5.41) is 7.42. The van der Waals surface area contributed by atoms with Gasteiger partial charge in [0.2, 0.25) is 0 Å². The first-order chi connectivity index (χ1) is 13.9. The minimum absolute atomic E-state index is 0.106. The maximum absolute atomic E-state index is 12.6. The van der Waals surface area contributed by atoms with Crippen LogP contribution in [-0.2, 0) is 6.54 Å². The molecule has 0 aliphatic heterocycles. The summed E-state index contributed by atoms with van der Waals surface area (Å²) in [6.45, 7) is 6.44. The van der Waals surface area contributed by atoms with Gasteiger partial charge in [-0.2, -0.15) is 5.10 Å². The van der Waals surface area contributed by atoms with Crippen LogP contribution in [0.25, 0.3) is 5.69 Å². The van der Waals surface area contributed by atoms with Gasteiger partial charge in [-0.3, -0.25) is 0 Å². The average molecular weight is 393 g/mol. The highest BCUT2D eigenvalue weighted by atomic mass is 16.5. The molecule has 0 spiro atoms. The predicted octanol–water partition coefficient (Wildman–Crippen LogP) is 4.56. The first-order valence-electron chi connectivity index (χ1n) is 9.79. The number of hydrogen-bond acceptors (Lipinski definition) is 3. The molecule has 0 radical (unpaired) electrons. The number of urea groups is 1. The highest BCUT2D eigenvalue weighted by molar-refractivity contribution is 5.74. The Balaban J connectivity index is 1.55. The monoisotopic (exact) mass is 392 g/mol. The van der Waals surface area contributed by atoms with Gasteiger partial charge >= 0.3 is 6.03 Å². The Bertz CT molecular complexity index is 920. The van der Waals surface area contributed by atoms with Crippen molar-refractivity contribution >= 4 is 6.03 Å². The molecule has 6 heteroatoms. The fraction of sp³-hybridized carbons (Fsp3) is 0.304. The topological polar surface area (TPSA) is 59.4 Å². The summed E-state index contributed by atoms with van der Waals surface area (Å²) in [5.74, 6) is 0.829. The number of carbonyl (C=O) groups is 1. The third kappa shape index (κ3) is 5.60. The molecule has 1 aromatic heterocycles. The van der Waals surface area contributed by atoms with Crippen LogP contribution in [-0.4, -0.2) is 33.9 Å². The van der Waals surface area contributed by atoms with Crippen LogP contribution >= 0.6 is 0 Å². The van der Waals surface area contributed by atoms with Crippen molar-refractivity contribution in [3.8, 4) is 11.4 Å².